The summed E-state index contributed by atoms with van der Waals surface area (Å²) in [5, 5.41) is 3.58. The van der Waals surface area contributed by atoms with E-state index in [1.54, 1.807) is 0 Å². The molecule has 0 fully saturated rings. The van der Waals surface area contributed by atoms with Gasteiger partial charge >= 0.3 is 0 Å². The summed E-state index contributed by atoms with van der Waals surface area (Å²) < 4.78 is 0. The van der Waals surface area contributed by atoms with Crippen LogP contribution in [0, 0.1) is 6.92 Å². The molecule has 0 bridgehead atoms. The fourth-order valence-electron chi connectivity index (χ4n) is 2.20. The maximum absolute atomic E-state index is 3.58. The van der Waals surface area contributed by atoms with Crippen LogP contribution >= 0.6 is 11.8 Å². The normalized spacial score (nSPS) is 17.6. The van der Waals surface area contributed by atoms with Crippen molar-refractivity contribution in [2.75, 3.05) is 5.32 Å². The summed E-state index contributed by atoms with van der Waals surface area (Å²) in [5.74, 6) is 0. The van der Waals surface area contributed by atoms with Crippen LogP contribution in [0.3, 0.4) is 0 Å². The molecule has 17 heavy (non-hydrogen) atoms. The van der Waals surface area contributed by atoms with Gasteiger partial charge in [0.1, 0.15) is 0 Å². The minimum Gasteiger partial charge on any atom is -0.378 e. The van der Waals surface area contributed by atoms with E-state index in [1.807, 2.05) is 11.8 Å². The molecule has 0 saturated carbocycles. The molecule has 2 heteroatoms. The number of benzene rings is 2. The fraction of sp³-hybridized carbons (Fsp3) is 0.200. The molecule has 2 aromatic carbocycles. The zero-order valence-electron chi connectivity index (χ0n) is 10.0. The Bertz CT molecular complexity index is 563. The van der Waals surface area contributed by atoms with E-state index in [9.17, 15) is 0 Å². The lowest BCUT2D eigenvalue weighted by molar-refractivity contribution is 0.859. The highest BCUT2D eigenvalue weighted by atomic mass is 32.2. The van der Waals surface area contributed by atoms with Crippen molar-refractivity contribution in [3.05, 3.63) is 53.6 Å². The van der Waals surface area contributed by atoms with E-state index >= 15 is 0 Å². The quantitative estimate of drug-likeness (QED) is 0.721. The molecule has 2 aromatic rings. The maximum atomic E-state index is 3.58. The van der Waals surface area contributed by atoms with Gasteiger partial charge in [-0.25, -0.2) is 0 Å². The van der Waals surface area contributed by atoms with E-state index in [0.717, 1.165) is 0 Å². The molecule has 0 unspecified atom stereocenters. The molecular weight excluding hydrogens is 226 g/mol. The van der Waals surface area contributed by atoms with Crippen molar-refractivity contribution in [1.29, 1.82) is 0 Å². The predicted octanol–water partition coefficient (Wildman–Crippen LogP) is 4.63. The third-order valence-electron chi connectivity index (χ3n) is 3.11. The Balaban J connectivity index is 2.14. The topological polar surface area (TPSA) is 12.0 Å². The van der Waals surface area contributed by atoms with Crippen LogP contribution in [0.1, 0.15) is 24.1 Å². The van der Waals surface area contributed by atoms with Gasteiger partial charge in [-0.15, -0.1) is 0 Å². The predicted molar refractivity (Wildman–Crippen MR) is 73.8 cm³/mol. The van der Waals surface area contributed by atoms with Crippen molar-refractivity contribution in [1.82, 2.24) is 0 Å². The van der Waals surface area contributed by atoms with Crippen molar-refractivity contribution < 1.29 is 0 Å². The lowest BCUT2D eigenvalue weighted by Gasteiger charge is -2.15. The zero-order valence-corrected chi connectivity index (χ0v) is 10.8. The summed E-state index contributed by atoms with van der Waals surface area (Å²) >= 11 is 1.85. The molecule has 1 aliphatic heterocycles. The molecule has 1 heterocycles. The van der Waals surface area contributed by atoms with Crippen LogP contribution in [0.15, 0.2) is 52.3 Å². The van der Waals surface area contributed by atoms with Gasteiger partial charge in [-0.2, -0.15) is 0 Å². The van der Waals surface area contributed by atoms with Crippen molar-refractivity contribution in [3.8, 4) is 0 Å². The van der Waals surface area contributed by atoms with Gasteiger partial charge in [-0.1, -0.05) is 41.6 Å². The Morgan fingerprint density at radius 1 is 1.06 bits per heavy atom. The smallest absolute Gasteiger partial charge is 0.0497 e. The summed E-state index contributed by atoms with van der Waals surface area (Å²) in [6.07, 6.45) is 0. The molecule has 1 N–H and O–H groups in total. The summed E-state index contributed by atoms with van der Waals surface area (Å²) in [7, 11) is 0. The van der Waals surface area contributed by atoms with Gasteiger partial charge in [-0.3, -0.25) is 0 Å². The first-order valence-electron chi connectivity index (χ1n) is 5.88. The van der Waals surface area contributed by atoms with Crippen LogP contribution in [0.4, 0.5) is 5.69 Å². The average Bonchev–Trinajstić information content (AvgIpc) is 2.46. The lowest BCUT2D eigenvalue weighted by Crippen LogP contribution is -2.06. The molecule has 3 rings (SSSR count). The number of hydrogen-bond donors (Lipinski definition) is 1. The highest BCUT2D eigenvalue weighted by Gasteiger charge is 2.18. The van der Waals surface area contributed by atoms with E-state index in [1.165, 1.54) is 26.6 Å². The van der Waals surface area contributed by atoms with Crippen molar-refractivity contribution >= 4 is 17.4 Å². The third-order valence-corrected chi connectivity index (χ3v) is 4.28. The van der Waals surface area contributed by atoms with Gasteiger partial charge in [0.05, 0.1) is 0 Å². The molecule has 0 saturated heterocycles. The first-order valence-corrected chi connectivity index (χ1v) is 6.69. The lowest BCUT2D eigenvalue weighted by atomic mass is 10.1. The summed E-state index contributed by atoms with van der Waals surface area (Å²) in [5.41, 5.74) is 3.95. The first kappa shape index (κ1) is 10.7. The summed E-state index contributed by atoms with van der Waals surface area (Å²) in [4.78, 5) is 2.67. The minimum atomic E-state index is 0.362. The molecule has 0 aromatic heterocycles. The number of nitrogens with one attached hydrogen (secondary N) is 1. The van der Waals surface area contributed by atoms with Crippen molar-refractivity contribution in [3.63, 3.8) is 0 Å². The fourth-order valence-corrected chi connectivity index (χ4v) is 3.31. The Morgan fingerprint density at radius 2 is 1.88 bits per heavy atom. The molecular formula is C15H15NS. The zero-order chi connectivity index (χ0) is 11.8. The molecule has 0 amide bonds. The van der Waals surface area contributed by atoms with Crippen molar-refractivity contribution in [2.24, 2.45) is 0 Å². The number of anilines is 1. The standard InChI is InChI=1S/C15H15NS/c1-10-7-8-14-12(9-10)11(2)16-13-5-3-4-6-15(13)17-14/h3-9,11,16H,1-2H3/t11-/m1/s1. The maximum Gasteiger partial charge on any atom is 0.0497 e. The largest absolute Gasteiger partial charge is 0.378 e. The minimum absolute atomic E-state index is 0.362. The van der Waals surface area contributed by atoms with Crippen LogP contribution in [-0.2, 0) is 0 Å². The highest BCUT2D eigenvalue weighted by Crippen LogP contribution is 2.42. The monoisotopic (exact) mass is 241 g/mol. The SMILES string of the molecule is Cc1ccc2c(c1)[C@@H](C)Nc1ccccc1S2. The second-order valence-electron chi connectivity index (χ2n) is 4.51. The van der Waals surface area contributed by atoms with Crippen LogP contribution in [0.5, 0.6) is 0 Å². The number of fused-ring (bicyclic) bond motifs is 2. The first-order chi connectivity index (χ1) is 8.24. The number of rotatable bonds is 0. The Kier molecular flexibility index (Phi) is 2.60. The van der Waals surface area contributed by atoms with Crippen LogP contribution in [-0.4, -0.2) is 0 Å². The molecule has 0 radical (unpaired) electrons. The van der Waals surface area contributed by atoms with Gasteiger partial charge < -0.3 is 5.32 Å². The third kappa shape index (κ3) is 1.93. The van der Waals surface area contributed by atoms with Gasteiger partial charge in [-0.05, 0) is 37.6 Å². The van der Waals surface area contributed by atoms with Crippen LogP contribution < -0.4 is 5.32 Å². The molecule has 0 spiro atoms. The molecule has 1 atom stereocenters. The van der Waals surface area contributed by atoms with E-state index < -0.39 is 0 Å². The van der Waals surface area contributed by atoms with E-state index in [2.05, 4.69) is 61.6 Å². The second-order valence-corrected chi connectivity index (χ2v) is 5.59. The van der Waals surface area contributed by atoms with Gasteiger partial charge in [0, 0.05) is 21.5 Å². The van der Waals surface area contributed by atoms with E-state index in [4.69, 9.17) is 0 Å². The Morgan fingerprint density at radius 3 is 2.76 bits per heavy atom. The number of hydrogen-bond acceptors (Lipinski definition) is 2. The van der Waals surface area contributed by atoms with Crippen LogP contribution in [0.2, 0.25) is 0 Å². The summed E-state index contributed by atoms with van der Waals surface area (Å²) in [6, 6.07) is 15.6. The van der Waals surface area contributed by atoms with E-state index in [-0.39, 0.29) is 0 Å². The van der Waals surface area contributed by atoms with Crippen molar-refractivity contribution in [2.45, 2.75) is 29.7 Å². The van der Waals surface area contributed by atoms with E-state index in [0.29, 0.717) is 6.04 Å². The highest BCUT2D eigenvalue weighted by molar-refractivity contribution is 7.99. The Labute approximate surface area is 106 Å². The van der Waals surface area contributed by atoms with Gasteiger partial charge in [0.25, 0.3) is 0 Å². The second kappa shape index (κ2) is 4.11. The summed E-state index contributed by atoms with van der Waals surface area (Å²) in [6.45, 7) is 4.37. The number of aryl methyl sites for hydroxylation is 1. The Hall–Kier alpha value is -1.41. The average molecular weight is 241 g/mol. The molecule has 0 aliphatic carbocycles. The number of para-hydroxylation sites is 1. The van der Waals surface area contributed by atoms with Crippen LogP contribution in [0.25, 0.3) is 0 Å². The van der Waals surface area contributed by atoms with Gasteiger partial charge in [0.2, 0.25) is 0 Å². The molecule has 1 nitrogen and oxygen atoms in total. The van der Waals surface area contributed by atoms with Gasteiger partial charge in [0.15, 0.2) is 0 Å². The molecule has 1 aliphatic rings. The molecule has 86 valence electrons.